The van der Waals surface area contributed by atoms with E-state index in [1.54, 1.807) is 6.07 Å². The maximum absolute atomic E-state index is 11.3. The summed E-state index contributed by atoms with van der Waals surface area (Å²) in [5.41, 5.74) is 10.2. The van der Waals surface area contributed by atoms with Gasteiger partial charge in [0.05, 0.1) is 22.6 Å². The Bertz CT molecular complexity index is 766. The van der Waals surface area contributed by atoms with Crippen molar-refractivity contribution in [3.05, 3.63) is 50.7 Å². The molecular weight excluding hydrogens is 350 g/mol. The highest BCUT2D eigenvalue weighted by molar-refractivity contribution is 6.74. The van der Waals surface area contributed by atoms with Crippen molar-refractivity contribution in [2.24, 2.45) is 5.11 Å². The number of pyridine rings is 1. The third-order valence-corrected chi connectivity index (χ3v) is 9.74. The first-order valence-corrected chi connectivity index (χ1v) is 11.5. The Hall–Kier alpha value is -2.22. The normalized spacial score (nSPS) is 20.9. The minimum Gasteiger partial charge on any atom is -0.413 e. The van der Waals surface area contributed by atoms with Crippen LogP contribution in [0.2, 0.25) is 18.1 Å². The maximum atomic E-state index is 11.3. The molecule has 140 valence electrons. The zero-order valence-electron chi connectivity index (χ0n) is 15.8. The molecule has 0 unspecified atom stereocenters. The molecule has 1 aromatic heterocycles. The van der Waals surface area contributed by atoms with Crippen molar-refractivity contribution in [1.29, 1.82) is 0 Å². The first-order valence-electron chi connectivity index (χ1n) is 8.58. The molecule has 1 aliphatic rings. The summed E-state index contributed by atoms with van der Waals surface area (Å²) in [6.07, 6.45) is 5.66. The summed E-state index contributed by atoms with van der Waals surface area (Å²) in [5.74, 6) is 0. The monoisotopic (exact) mass is 375 g/mol. The van der Waals surface area contributed by atoms with Gasteiger partial charge in [-0.1, -0.05) is 32.0 Å². The van der Waals surface area contributed by atoms with Crippen LogP contribution in [0.15, 0.2) is 29.7 Å². The van der Waals surface area contributed by atoms with E-state index in [1.807, 2.05) is 6.08 Å². The van der Waals surface area contributed by atoms with E-state index in [4.69, 9.17) is 9.96 Å². The summed E-state index contributed by atoms with van der Waals surface area (Å²) >= 11 is 0. The van der Waals surface area contributed by atoms with Crippen LogP contribution < -0.4 is 0 Å². The van der Waals surface area contributed by atoms with Gasteiger partial charge in [0.1, 0.15) is 6.20 Å². The van der Waals surface area contributed by atoms with Crippen LogP contribution in [0, 0.1) is 10.1 Å². The van der Waals surface area contributed by atoms with E-state index in [1.165, 1.54) is 12.4 Å². The number of rotatable bonds is 5. The highest BCUT2D eigenvalue weighted by Crippen LogP contribution is 2.41. The van der Waals surface area contributed by atoms with Gasteiger partial charge in [0.2, 0.25) is 0 Å². The van der Waals surface area contributed by atoms with Crippen molar-refractivity contribution < 1.29 is 9.35 Å². The molecule has 1 aromatic rings. The Kier molecular flexibility index (Phi) is 5.85. The zero-order chi connectivity index (χ0) is 19.5. The minimum absolute atomic E-state index is 0.0396. The molecule has 0 saturated carbocycles. The van der Waals surface area contributed by atoms with Crippen molar-refractivity contribution in [3.63, 3.8) is 0 Å². The second-order valence-electron chi connectivity index (χ2n) is 7.99. The summed E-state index contributed by atoms with van der Waals surface area (Å²) < 4.78 is 6.45. The zero-order valence-corrected chi connectivity index (χ0v) is 16.8. The van der Waals surface area contributed by atoms with Crippen LogP contribution in [0.4, 0.5) is 5.69 Å². The number of azide groups is 1. The van der Waals surface area contributed by atoms with Gasteiger partial charge in [-0.05, 0) is 48.1 Å². The van der Waals surface area contributed by atoms with E-state index in [9.17, 15) is 10.1 Å². The molecule has 2 rings (SSSR count). The minimum atomic E-state index is -2.02. The van der Waals surface area contributed by atoms with Crippen LogP contribution >= 0.6 is 0 Å². The van der Waals surface area contributed by atoms with Gasteiger partial charge in [0.15, 0.2) is 8.32 Å². The summed E-state index contributed by atoms with van der Waals surface area (Å²) in [4.78, 5) is 17.6. The van der Waals surface area contributed by atoms with Crippen molar-refractivity contribution in [1.82, 2.24) is 4.98 Å². The Morgan fingerprint density at radius 3 is 2.73 bits per heavy atom. The summed E-state index contributed by atoms with van der Waals surface area (Å²) in [5, 5.41) is 15.2. The molecule has 0 aromatic carbocycles. The topological polar surface area (TPSA) is 114 Å². The maximum Gasteiger partial charge on any atom is 0.294 e. The molecule has 0 bridgehead atoms. The molecule has 0 spiro atoms. The van der Waals surface area contributed by atoms with Gasteiger partial charge >= 0.3 is 0 Å². The van der Waals surface area contributed by atoms with Crippen LogP contribution in [-0.2, 0) is 4.43 Å². The molecule has 0 N–H and O–H groups in total. The van der Waals surface area contributed by atoms with E-state index in [0.717, 1.165) is 5.57 Å². The second kappa shape index (κ2) is 7.57. The van der Waals surface area contributed by atoms with Crippen molar-refractivity contribution in [2.45, 2.75) is 63.9 Å². The van der Waals surface area contributed by atoms with Gasteiger partial charge in [0.25, 0.3) is 5.69 Å². The lowest BCUT2D eigenvalue weighted by atomic mass is 9.89. The molecular formula is C17H25N5O3Si. The first kappa shape index (κ1) is 20.1. The lowest BCUT2D eigenvalue weighted by Crippen LogP contribution is -2.47. The van der Waals surface area contributed by atoms with Gasteiger partial charge in [0, 0.05) is 11.1 Å². The van der Waals surface area contributed by atoms with E-state index in [0.29, 0.717) is 18.4 Å². The molecule has 0 fully saturated rings. The van der Waals surface area contributed by atoms with Crippen molar-refractivity contribution >= 4 is 19.6 Å². The average molecular weight is 376 g/mol. The highest BCUT2D eigenvalue weighted by Gasteiger charge is 2.41. The molecule has 26 heavy (non-hydrogen) atoms. The highest BCUT2D eigenvalue weighted by atomic mass is 28.4. The van der Waals surface area contributed by atoms with Crippen LogP contribution in [-0.4, -0.2) is 30.4 Å². The number of nitro groups is 1. The quantitative estimate of drug-likeness (QED) is 0.175. The Balaban J connectivity index is 2.36. The SMILES string of the molecule is CC(C)(C)[Si](C)(C)O[C@@H]1CCC(c2ccncc2[N+](=O)[O-])=C[C@H]1N=[N+]=[N-]. The third-order valence-electron chi connectivity index (χ3n) is 5.23. The van der Waals surface area contributed by atoms with Gasteiger partial charge in [-0.25, -0.2) is 0 Å². The molecule has 0 saturated heterocycles. The van der Waals surface area contributed by atoms with Gasteiger partial charge in [-0.2, -0.15) is 0 Å². The summed E-state index contributed by atoms with van der Waals surface area (Å²) in [6.45, 7) is 10.8. The van der Waals surface area contributed by atoms with E-state index < -0.39 is 19.3 Å². The predicted molar refractivity (Wildman–Crippen MR) is 103 cm³/mol. The van der Waals surface area contributed by atoms with Gasteiger partial charge in [-0.3, -0.25) is 15.1 Å². The molecule has 0 radical (unpaired) electrons. The Morgan fingerprint density at radius 1 is 1.46 bits per heavy atom. The fraction of sp³-hybridized carbons (Fsp3) is 0.588. The lowest BCUT2D eigenvalue weighted by molar-refractivity contribution is -0.385. The molecule has 8 nitrogen and oxygen atoms in total. The molecule has 0 aliphatic heterocycles. The van der Waals surface area contributed by atoms with Gasteiger partial charge < -0.3 is 4.43 Å². The largest absolute Gasteiger partial charge is 0.413 e. The summed E-state index contributed by atoms with van der Waals surface area (Å²) in [6, 6.07) is 1.15. The first-order chi connectivity index (χ1) is 12.1. The predicted octanol–water partition coefficient (Wildman–Crippen LogP) is 5.24. The van der Waals surface area contributed by atoms with E-state index in [2.05, 4.69) is 48.9 Å². The second-order valence-corrected chi connectivity index (χ2v) is 12.7. The van der Waals surface area contributed by atoms with Crippen LogP contribution in [0.25, 0.3) is 16.0 Å². The Morgan fingerprint density at radius 2 is 2.15 bits per heavy atom. The van der Waals surface area contributed by atoms with Crippen LogP contribution in [0.3, 0.4) is 0 Å². The molecule has 1 aliphatic carbocycles. The van der Waals surface area contributed by atoms with E-state index in [-0.39, 0.29) is 16.8 Å². The number of hydrogen-bond donors (Lipinski definition) is 0. The number of hydrogen-bond acceptors (Lipinski definition) is 5. The third kappa shape index (κ3) is 4.30. The molecule has 0 amide bonds. The van der Waals surface area contributed by atoms with E-state index >= 15 is 0 Å². The van der Waals surface area contributed by atoms with Crippen molar-refractivity contribution in [3.8, 4) is 0 Å². The van der Waals surface area contributed by atoms with Crippen LogP contribution in [0.5, 0.6) is 0 Å². The fourth-order valence-electron chi connectivity index (χ4n) is 2.74. The number of aromatic nitrogens is 1. The van der Waals surface area contributed by atoms with Crippen LogP contribution in [0.1, 0.15) is 39.2 Å². The molecule has 1 heterocycles. The van der Waals surface area contributed by atoms with Crippen molar-refractivity contribution in [2.75, 3.05) is 0 Å². The van der Waals surface area contributed by atoms with Gasteiger partial charge in [-0.15, -0.1) is 0 Å². The number of allylic oxidation sites excluding steroid dienone is 1. The standard InChI is InChI=1S/C17H25N5O3Si/c1-17(2,3)26(4,5)25-16-7-6-12(10-14(16)20-21-18)13-8-9-19-11-15(13)22(23)24/h8-11,14,16H,6-7H2,1-5H3/t14-,16-/m1/s1. The smallest absolute Gasteiger partial charge is 0.294 e. The molecule has 9 heteroatoms. The average Bonchev–Trinajstić information content (AvgIpc) is 2.55. The number of nitrogens with zero attached hydrogens (tertiary/aromatic N) is 5. The lowest BCUT2D eigenvalue weighted by Gasteiger charge is -2.41. The molecule has 2 atom stereocenters. The Labute approximate surface area is 154 Å². The summed E-state index contributed by atoms with van der Waals surface area (Å²) in [7, 11) is -2.02. The fourth-order valence-corrected chi connectivity index (χ4v) is 4.11.